The molecule has 2 aromatic heterocycles. The number of hydrogen-bond acceptors (Lipinski definition) is 5. The van der Waals surface area contributed by atoms with Crippen LogP contribution in [0.3, 0.4) is 0 Å². The Hall–Kier alpha value is -1.65. The van der Waals surface area contributed by atoms with Gasteiger partial charge in [0.2, 0.25) is 10.0 Å². The van der Waals surface area contributed by atoms with Crippen LogP contribution in [0, 0.1) is 6.92 Å². The van der Waals surface area contributed by atoms with Gasteiger partial charge in [0.05, 0.1) is 5.56 Å². The highest BCUT2D eigenvalue weighted by Crippen LogP contribution is 2.30. The Morgan fingerprint density at radius 2 is 2.04 bits per heavy atom. The maximum Gasteiger partial charge on any atom is 0.417 e. The number of rotatable bonds is 4. The number of anilines is 1. The van der Waals surface area contributed by atoms with Crippen molar-refractivity contribution in [2.24, 2.45) is 0 Å². The Kier molecular flexibility index (Phi) is 4.78. The molecule has 0 radical (unpaired) electrons. The first kappa shape index (κ1) is 18.2. The molecule has 1 N–H and O–H groups in total. The van der Waals surface area contributed by atoms with Gasteiger partial charge in [-0.3, -0.25) is 0 Å². The lowest BCUT2D eigenvalue weighted by molar-refractivity contribution is -0.137. The van der Waals surface area contributed by atoms with Gasteiger partial charge >= 0.3 is 6.18 Å². The van der Waals surface area contributed by atoms with E-state index in [1.807, 2.05) is 6.92 Å². The van der Waals surface area contributed by atoms with E-state index in [2.05, 4.69) is 9.71 Å². The second-order valence-corrected chi connectivity index (χ2v) is 9.05. The molecule has 1 atom stereocenters. The molecule has 2 aromatic rings. The van der Waals surface area contributed by atoms with E-state index in [-0.39, 0.29) is 10.3 Å². The average molecular weight is 391 g/mol. The highest BCUT2D eigenvalue weighted by molar-refractivity contribution is 7.91. The van der Waals surface area contributed by atoms with Crippen LogP contribution in [0.2, 0.25) is 0 Å². The molecule has 3 rings (SSSR count). The average Bonchev–Trinajstić information content (AvgIpc) is 3.16. The van der Waals surface area contributed by atoms with Crippen molar-refractivity contribution in [1.82, 2.24) is 9.71 Å². The van der Waals surface area contributed by atoms with Gasteiger partial charge in [0, 0.05) is 30.2 Å². The van der Waals surface area contributed by atoms with Gasteiger partial charge in [0.15, 0.2) is 0 Å². The van der Waals surface area contributed by atoms with Gasteiger partial charge in [-0.05, 0) is 37.6 Å². The number of thiophene rings is 1. The molecule has 0 amide bonds. The van der Waals surface area contributed by atoms with Crippen LogP contribution in [-0.2, 0) is 16.2 Å². The van der Waals surface area contributed by atoms with Crippen LogP contribution in [0.4, 0.5) is 19.0 Å². The summed E-state index contributed by atoms with van der Waals surface area (Å²) in [6.07, 6.45) is -3.07. The number of aryl methyl sites for hydroxylation is 1. The summed E-state index contributed by atoms with van der Waals surface area (Å²) < 4.78 is 65.3. The molecule has 25 heavy (non-hydrogen) atoms. The molecule has 5 nitrogen and oxygen atoms in total. The Labute approximate surface area is 147 Å². The lowest BCUT2D eigenvalue weighted by atomic mass is 10.3. The molecule has 1 aliphatic rings. The minimum atomic E-state index is -4.42. The van der Waals surface area contributed by atoms with Crippen molar-refractivity contribution in [3.05, 3.63) is 40.9 Å². The third-order valence-corrected chi connectivity index (χ3v) is 6.90. The Bertz CT molecular complexity index is 848. The number of pyridine rings is 1. The van der Waals surface area contributed by atoms with E-state index in [4.69, 9.17) is 0 Å². The van der Waals surface area contributed by atoms with Gasteiger partial charge < -0.3 is 4.90 Å². The molecule has 10 heteroatoms. The van der Waals surface area contributed by atoms with Crippen molar-refractivity contribution in [2.75, 3.05) is 18.0 Å². The van der Waals surface area contributed by atoms with Gasteiger partial charge in [-0.25, -0.2) is 18.1 Å². The van der Waals surface area contributed by atoms with Crippen molar-refractivity contribution >= 4 is 27.2 Å². The monoisotopic (exact) mass is 391 g/mol. The third kappa shape index (κ3) is 4.13. The van der Waals surface area contributed by atoms with Gasteiger partial charge in [-0.1, -0.05) is 0 Å². The summed E-state index contributed by atoms with van der Waals surface area (Å²) in [5.74, 6) is 0.404. The topological polar surface area (TPSA) is 62.3 Å². The fourth-order valence-electron chi connectivity index (χ4n) is 2.64. The summed E-state index contributed by atoms with van der Waals surface area (Å²) in [6.45, 7) is 2.72. The van der Waals surface area contributed by atoms with Crippen molar-refractivity contribution < 1.29 is 21.6 Å². The molecule has 0 aromatic carbocycles. The number of sulfonamides is 1. The van der Waals surface area contributed by atoms with E-state index in [1.54, 1.807) is 17.0 Å². The molecule has 3 heterocycles. The quantitative estimate of drug-likeness (QED) is 0.870. The molecule has 1 unspecified atom stereocenters. The molecule has 1 aliphatic heterocycles. The van der Waals surface area contributed by atoms with Crippen LogP contribution in [0.1, 0.15) is 16.9 Å². The van der Waals surface area contributed by atoms with Crippen LogP contribution in [-0.4, -0.2) is 32.5 Å². The third-order valence-electron chi connectivity index (χ3n) is 3.89. The summed E-state index contributed by atoms with van der Waals surface area (Å²) in [7, 11) is -3.58. The minimum absolute atomic E-state index is 0.260. The van der Waals surface area contributed by atoms with Crippen LogP contribution < -0.4 is 9.62 Å². The standard InChI is InChI=1S/C15H16F3N3O2S2/c1-10-2-5-14(24-10)25(22,23)20-12-6-7-21(9-12)13-4-3-11(8-19-13)15(16,17)18/h2-5,8,12,20H,6-7,9H2,1H3. The summed E-state index contributed by atoms with van der Waals surface area (Å²) >= 11 is 1.20. The SMILES string of the molecule is Cc1ccc(S(=O)(=O)NC2CCN(c3ccc(C(F)(F)F)cn3)C2)s1. The van der Waals surface area contributed by atoms with Crippen LogP contribution >= 0.6 is 11.3 Å². The first-order chi connectivity index (χ1) is 11.6. The fraction of sp³-hybridized carbons (Fsp3) is 0.400. The summed E-state index contributed by atoms with van der Waals surface area (Å²) in [6, 6.07) is 5.28. The number of hydrogen-bond donors (Lipinski definition) is 1. The molecule has 136 valence electrons. The molecular weight excluding hydrogens is 375 g/mol. The molecule has 0 saturated carbocycles. The summed E-state index contributed by atoms with van der Waals surface area (Å²) in [5, 5.41) is 0. The van der Waals surface area contributed by atoms with E-state index in [9.17, 15) is 21.6 Å². The van der Waals surface area contributed by atoms with Crippen LogP contribution in [0.15, 0.2) is 34.7 Å². The second-order valence-electron chi connectivity index (χ2n) is 5.82. The molecule has 0 bridgehead atoms. The van der Waals surface area contributed by atoms with E-state index in [0.29, 0.717) is 25.3 Å². The van der Waals surface area contributed by atoms with Crippen molar-refractivity contribution in [2.45, 2.75) is 29.8 Å². The first-order valence-corrected chi connectivity index (χ1v) is 9.82. The molecule has 1 saturated heterocycles. The van der Waals surface area contributed by atoms with Gasteiger partial charge in [-0.2, -0.15) is 13.2 Å². The first-order valence-electron chi connectivity index (χ1n) is 7.52. The van der Waals surface area contributed by atoms with E-state index in [0.717, 1.165) is 17.1 Å². The molecule has 1 fully saturated rings. The van der Waals surface area contributed by atoms with E-state index < -0.39 is 21.8 Å². The predicted molar refractivity (Wildman–Crippen MR) is 89.2 cm³/mol. The minimum Gasteiger partial charge on any atom is -0.355 e. The van der Waals surface area contributed by atoms with Gasteiger partial charge in [0.25, 0.3) is 0 Å². The zero-order chi connectivity index (χ0) is 18.2. The molecular formula is C15H16F3N3O2S2. The number of nitrogens with zero attached hydrogens (tertiary/aromatic N) is 2. The Morgan fingerprint density at radius 3 is 2.60 bits per heavy atom. The Balaban J connectivity index is 1.66. The van der Waals surface area contributed by atoms with Crippen molar-refractivity contribution in [1.29, 1.82) is 0 Å². The largest absolute Gasteiger partial charge is 0.417 e. The normalized spacial score (nSPS) is 18.7. The lowest BCUT2D eigenvalue weighted by Gasteiger charge is -2.18. The number of alkyl halides is 3. The van der Waals surface area contributed by atoms with Gasteiger partial charge in [0.1, 0.15) is 10.0 Å². The Morgan fingerprint density at radius 1 is 1.28 bits per heavy atom. The maximum atomic E-state index is 12.6. The van der Waals surface area contributed by atoms with Crippen molar-refractivity contribution in [3.8, 4) is 0 Å². The summed E-state index contributed by atoms with van der Waals surface area (Å²) in [5.41, 5.74) is -0.805. The zero-order valence-corrected chi connectivity index (χ0v) is 14.9. The number of halogens is 3. The number of aromatic nitrogens is 1. The lowest BCUT2D eigenvalue weighted by Crippen LogP contribution is -2.36. The summed E-state index contributed by atoms with van der Waals surface area (Å²) in [4.78, 5) is 6.53. The van der Waals surface area contributed by atoms with E-state index in [1.165, 1.54) is 17.4 Å². The van der Waals surface area contributed by atoms with Crippen LogP contribution in [0.5, 0.6) is 0 Å². The van der Waals surface area contributed by atoms with Gasteiger partial charge in [-0.15, -0.1) is 11.3 Å². The molecule has 0 spiro atoms. The number of nitrogens with one attached hydrogen (secondary N) is 1. The van der Waals surface area contributed by atoms with E-state index >= 15 is 0 Å². The maximum absolute atomic E-state index is 12.6. The molecule has 0 aliphatic carbocycles. The highest BCUT2D eigenvalue weighted by atomic mass is 32.2. The second kappa shape index (κ2) is 6.58. The predicted octanol–water partition coefficient (Wildman–Crippen LogP) is 3.03. The highest BCUT2D eigenvalue weighted by Gasteiger charge is 2.32. The van der Waals surface area contributed by atoms with Crippen molar-refractivity contribution in [3.63, 3.8) is 0 Å². The van der Waals surface area contributed by atoms with Crippen LogP contribution in [0.25, 0.3) is 0 Å². The zero-order valence-electron chi connectivity index (χ0n) is 13.2. The smallest absolute Gasteiger partial charge is 0.355 e. The fourth-order valence-corrected chi connectivity index (χ4v) is 5.20.